The average Bonchev–Trinajstić information content (AvgIpc) is 3.24. The first-order valence-corrected chi connectivity index (χ1v) is 17.4. The van der Waals surface area contributed by atoms with Crippen LogP contribution < -0.4 is 0 Å². The third kappa shape index (κ3) is 6.37. The molecule has 0 aliphatic rings. The van der Waals surface area contributed by atoms with Crippen LogP contribution in [0.3, 0.4) is 0 Å². The van der Waals surface area contributed by atoms with E-state index in [0.717, 1.165) is 72.2 Å². The lowest BCUT2D eigenvalue weighted by atomic mass is 9.96. The Hall–Kier alpha value is -7.04. The molecule has 7 aromatic carbocycles. The second kappa shape index (κ2) is 13.7. The minimum atomic E-state index is 0.645. The minimum absolute atomic E-state index is 0.645. The molecule has 0 saturated heterocycles. The number of nitrogens with zero attached hydrogens (tertiary/aromatic N) is 4. The lowest BCUT2D eigenvalue weighted by Gasteiger charge is -2.11. The van der Waals surface area contributed by atoms with Crippen molar-refractivity contribution in [3.8, 4) is 78.9 Å². The van der Waals surface area contributed by atoms with Crippen LogP contribution in [-0.2, 0) is 0 Å². The number of hydrogen-bond acceptors (Lipinski definition) is 4. The Bertz CT molecular complexity index is 2530. The molecule has 0 amide bonds. The number of hydrogen-bond donors (Lipinski definition) is 0. The van der Waals surface area contributed by atoms with Crippen LogP contribution in [0.2, 0.25) is 0 Å². The number of fused-ring (bicyclic) bond motifs is 1. The predicted molar refractivity (Wildman–Crippen MR) is 213 cm³/mol. The van der Waals surface area contributed by atoms with E-state index >= 15 is 0 Å². The first-order valence-electron chi connectivity index (χ1n) is 17.4. The molecule has 0 spiro atoms. The van der Waals surface area contributed by atoms with Crippen molar-refractivity contribution in [2.75, 3.05) is 0 Å². The van der Waals surface area contributed by atoms with Gasteiger partial charge >= 0.3 is 0 Å². The Morgan fingerprint density at radius 2 is 0.577 bits per heavy atom. The standard InChI is InChI=1S/C48H32N4/c1-5-13-36(14-6-1)44-31-43(32-45(49-44)37-15-7-2-8-16-37)35-23-21-33(22-24-35)40-27-25-34-26-28-41(30-42(34)29-40)48-51-46(38-17-9-3-10-18-38)50-47(52-48)39-19-11-4-12-20-39/h1-32H. The van der Waals surface area contributed by atoms with E-state index in [1.54, 1.807) is 0 Å². The lowest BCUT2D eigenvalue weighted by Crippen LogP contribution is -2.00. The Labute approximate surface area is 302 Å². The molecule has 4 heteroatoms. The molecule has 9 rings (SSSR count). The molecule has 2 aromatic heterocycles. The molecule has 2 heterocycles. The maximum Gasteiger partial charge on any atom is 0.164 e. The molecule has 0 bridgehead atoms. The zero-order valence-corrected chi connectivity index (χ0v) is 28.3. The van der Waals surface area contributed by atoms with Gasteiger partial charge in [0.15, 0.2) is 17.5 Å². The van der Waals surface area contributed by atoms with Gasteiger partial charge in [-0.3, -0.25) is 0 Å². The molecule has 0 radical (unpaired) electrons. The third-order valence-electron chi connectivity index (χ3n) is 9.31. The van der Waals surface area contributed by atoms with Crippen LogP contribution in [0.15, 0.2) is 194 Å². The van der Waals surface area contributed by atoms with Gasteiger partial charge in [0, 0.05) is 27.8 Å². The Morgan fingerprint density at radius 3 is 1.06 bits per heavy atom. The highest BCUT2D eigenvalue weighted by atomic mass is 15.0. The van der Waals surface area contributed by atoms with Crippen LogP contribution in [-0.4, -0.2) is 19.9 Å². The van der Waals surface area contributed by atoms with Crippen molar-refractivity contribution in [3.05, 3.63) is 194 Å². The quantitative estimate of drug-likeness (QED) is 0.170. The van der Waals surface area contributed by atoms with Crippen LogP contribution in [0.1, 0.15) is 0 Å². The fourth-order valence-corrected chi connectivity index (χ4v) is 6.57. The average molecular weight is 665 g/mol. The lowest BCUT2D eigenvalue weighted by molar-refractivity contribution is 1.07. The molecule has 0 aliphatic heterocycles. The van der Waals surface area contributed by atoms with Gasteiger partial charge in [-0.15, -0.1) is 0 Å². The van der Waals surface area contributed by atoms with Gasteiger partial charge in [0.25, 0.3) is 0 Å². The molecular weight excluding hydrogens is 633 g/mol. The van der Waals surface area contributed by atoms with Crippen molar-refractivity contribution in [1.29, 1.82) is 0 Å². The fraction of sp³-hybridized carbons (Fsp3) is 0. The monoisotopic (exact) mass is 664 g/mol. The van der Waals surface area contributed by atoms with Crippen LogP contribution in [0.25, 0.3) is 89.7 Å². The highest BCUT2D eigenvalue weighted by molar-refractivity contribution is 5.91. The van der Waals surface area contributed by atoms with E-state index in [1.807, 2.05) is 72.8 Å². The normalized spacial score (nSPS) is 11.1. The maximum atomic E-state index is 5.05. The largest absolute Gasteiger partial charge is 0.248 e. The van der Waals surface area contributed by atoms with Crippen molar-refractivity contribution in [2.45, 2.75) is 0 Å². The Morgan fingerprint density at radius 1 is 0.212 bits per heavy atom. The molecule has 0 atom stereocenters. The van der Waals surface area contributed by atoms with Gasteiger partial charge in [0.2, 0.25) is 0 Å². The molecule has 0 N–H and O–H groups in total. The number of rotatable bonds is 7. The van der Waals surface area contributed by atoms with Crippen molar-refractivity contribution in [2.24, 2.45) is 0 Å². The van der Waals surface area contributed by atoms with E-state index in [1.165, 1.54) is 0 Å². The van der Waals surface area contributed by atoms with Gasteiger partial charge in [-0.25, -0.2) is 19.9 Å². The third-order valence-corrected chi connectivity index (χ3v) is 9.31. The van der Waals surface area contributed by atoms with Crippen LogP contribution in [0, 0.1) is 0 Å². The number of aromatic nitrogens is 4. The number of benzene rings is 7. The van der Waals surface area contributed by atoms with Gasteiger partial charge in [0.1, 0.15) is 0 Å². The van der Waals surface area contributed by atoms with E-state index in [9.17, 15) is 0 Å². The van der Waals surface area contributed by atoms with Crippen LogP contribution >= 0.6 is 0 Å². The SMILES string of the molecule is c1ccc(-c2cc(-c3ccc(-c4ccc5ccc(-c6nc(-c7ccccc7)nc(-c7ccccc7)n6)cc5c4)cc3)cc(-c3ccccc3)n2)cc1. The van der Waals surface area contributed by atoms with E-state index in [-0.39, 0.29) is 0 Å². The van der Waals surface area contributed by atoms with Crippen molar-refractivity contribution in [1.82, 2.24) is 19.9 Å². The topological polar surface area (TPSA) is 51.6 Å². The smallest absolute Gasteiger partial charge is 0.164 e. The molecule has 9 aromatic rings. The van der Waals surface area contributed by atoms with Crippen LogP contribution in [0.5, 0.6) is 0 Å². The summed E-state index contributed by atoms with van der Waals surface area (Å²) in [5.41, 5.74) is 11.5. The second-order valence-electron chi connectivity index (χ2n) is 12.8. The molecular formula is C48H32N4. The summed E-state index contributed by atoms with van der Waals surface area (Å²) in [6.45, 7) is 0. The maximum absolute atomic E-state index is 5.05. The predicted octanol–water partition coefficient (Wildman–Crippen LogP) is 12.1. The molecule has 4 nitrogen and oxygen atoms in total. The molecule has 52 heavy (non-hydrogen) atoms. The first kappa shape index (κ1) is 31.0. The molecule has 244 valence electrons. The summed E-state index contributed by atoms with van der Waals surface area (Å²) >= 11 is 0. The Kier molecular flexibility index (Phi) is 8.16. The highest BCUT2D eigenvalue weighted by Gasteiger charge is 2.14. The molecule has 0 aliphatic carbocycles. The molecule has 0 saturated carbocycles. The second-order valence-corrected chi connectivity index (χ2v) is 12.8. The van der Waals surface area contributed by atoms with Crippen molar-refractivity contribution >= 4 is 10.8 Å². The summed E-state index contributed by atoms with van der Waals surface area (Å²) in [7, 11) is 0. The van der Waals surface area contributed by atoms with Crippen molar-refractivity contribution < 1.29 is 0 Å². The number of pyridine rings is 1. The van der Waals surface area contributed by atoms with E-state index in [0.29, 0.717) is 17.5 Å². The zero-order chi connectivity index (χ0) is 34.7. The van der Waals surface area contributed by atoms with Gasteiger partial charge in [-0.2, -0.15) is 0 Å². The molecule has 0 fully saturated rings. The summed E-state index contributed by atoms with van der Waals surface area (Å²) in [6.07, 6.45) is 0. The summed E-state index contributed by atoms with van der Waals surface area (Å²) in [5.74, 6) is 1.95. The van der Waals surface area contributed by atoms with E-state index in [4.69, 9.17) is 19.9 Å². The summed E-state index contributed by atoms with van der Waals surface area (Å²) in [4.78, 5) is 19.8. The highest BCUT2D eigenvalue weighted by Crippen LogP contribution is 2.33. The summed E-state index contributed by atoms with van der Waals surface area (Å²) in [6, 6.07) is 67.1. The summed E-state index contributed by atoms with van der Waals surface area (Å²) < 4.78 is 0. The van der Waals surface area contributed by atoms with Gasteiger partial charge in [-0.1, -0.05) is 170 Å². The van der Waals surface area contributed by atoms with Crippen molar-refractivity contribution in [3.63, 3.8) is 0 Å². The minimum Gasteiger partial charge on any atom is -0.248 e. The van der Waals surface area contributed by atoms with E-state index in [2.05, 4.69) is 121 Å². The molecule has 0 unspecified atom stereocenters. The van der Waals surface area contributed by atoms with Gasteiger partial charge in [-0.05, 0) is 57.3 Å². The first-order chi connectivity index (χ1) is 25.7. The van der Waals surface area contributed by atoms with Gasteiger partial charge in [0.05, 0.1) is 11.4 Å². The fourth-order valence-electron chi connectivity index (χ4n) is 6.57. The van der Waals surface area contributed by atoms with E-state index < -0.39 is 0 Å². The summed E-state index contributed by atoms with van der Waals surface area (Å²) in [5, 5.41) is 2.28. The van der Waals surface area contributed by atoms with Crippen LogP contribution in [0.4, 0.5) is 0 Å². The van der Waals surface area contributed by atoms with Gasteiger partial charge < -0.3 is 0 Å². The zero-order valence-electron chi connectivity index (χ0n) is 28.3. The Balaban J connectivity index is 1.07.